The van der Waals surface area contributed by atoms with Gasteiger partial charge in [-0.2, -0.15) is 0 Å². The van der Waals surface area contributed by atoms with E-state index in [1.165, 1.54) is 12.8 Å². The summed E-state index contributed by atoms with van der Waals surface area (Å²) in [5, 5.41) is 3.67. The van der Waals surface area contributed by atoms with Gasteiger partial charge in [0.15, 0.2) is 0 Å². The molecule has 1 fully saturated rings. The maximum absolute atomic E-state index is 12.7. The van der Waals surface area contributed by atoms with Gasteiger partial charge in [-0.1, -0.05) is 24.4 Å². The smallest absolute Gasteiger partial charge is 0.256 e. The molecule has 19 heavy (non-hydrogen) atoms. The molecule has 1 N–H and O–H groups in total. The lowest BCUT2D eigenvalue weighted by Gasteiger charge is -2.28. The molecule has 1 aliphatic carbocycles. The van der Waals surface area contributed by atoms with Crippen molar-refractivity contribution in [2.45, 2.75) is 38.6 Å². The largest absolute Gasteiger partial charge is 0.387 e. The number of rotatable bonds is 4. The Morgan fingerprint density at radius 3 is 2.68 bits per heavy atom. The predicted molar refractivity (Wildman–Crippen MR) is 80.0 cm³/mol. The molecule has 0 spiro atoms. The Labute approximate surface area is 119 Å². The Hall–Kier alpha value is -1.22. The van der Waals surface area contributed by atoms with E-state index in [9.17, 15) is 4.79 Å². The molecule has 4 heteroatoms. The number of amides is 1. The summed E-state index contributed by atoms with van der Waals surface area (Å²) in [6, 6.07) is 5.81. The van der Waals surface area contributed by atoms with Gasteiger partial charge < -0.3 is 10.2 Å². The normalized spacial score (nSPS) is 15.5. The van der Waals surface area contributed by atoms with E-state index in [0.29, 0.717) is 16.6 Å². The van der Waals surface area contributed by atoms with Crippen LogP contribution in [0.25, 0.3) is 0 Å². The van der Waals surface area contributed by atoms with Gasteiger partial charge in [0.25, 0.3) is 5.91 Å². The van der Waals surface area contributed by atoms with Gasteiger partial charge in [-0.25, -0.2) is 0 Å². The average Bonchev–Trinajstić information content (AvgIpc) is 2.93. The van der Waals surface area contributed by atoms with Gasteiger partial charge in [0.1, 0.15) is 0 Å². The molecule has 2 rings (SSSR count). The van der Waals surface area contributed by atoms with E-state index >= 15 is 0 Å². The van der Waals surface area contributed by atoms with Gasteiger partial charge >= 0.3 is 0 Å². The fourth-order valence-corrected chi connectivity index (χ4v) is 3.02. The first-order valence-electron chi connectivity index (χ1n) is 6.95. The molecule has 3 nitrogen and oxygen atoms in total. The zero-order valence-corrected chi connectivity index (χ0v) is 12.3. The summed E-state index contributed by atoms with van der Waals surface area (Å²) in [5.74, 6) is 0.0845. The Morgan fingerprint density at radius 2 is 2.11 bits per heavy atom. The first-order valence-corrected chi connectivity index (χ1v) is 7.33. The highest BCUT2D eigenvalue weighted by molar-refractivity contribution is 6.31. The van der Waals surface area contributed by atoms with Crippen LogP contribution in [0.5, 0.6) is 0 Å². The monoisotopic (exact) mass is 280 g/mol. The second kappa shape index (κ2) is 6.29. The van der Waals surface area contributed by atoms with E-state index in [-0.39, 0.29) is 5.91 Å². The third-order valence-corrected chi connectivity index (χ3v) is 4.08. The number of benzene rings is 1. The zero-order chi connectivity index (χ0) is 13.8. The van der Waals surface area contributed by atoms with E-state index in [2.05, 4.69) is 5.32 Å². The number of nitrogens with one attached hydrogen (secondary N) is 1. The van der Waals surface area contributed by atoms with Crippen molar-refractivity contribution in [2.75, 3.05) is 18.9 Å². The standard InChI is InChI=1S/C15H21ClN2O/c1-3-18(12-6-4-5-7-12)15(19)13-10-11(16)8-9-14(13)17-2/h8-10,12,17H,3-7H2,1-2H3. The molecule has 1 aliphatic rings. The Kier molecular flexibility index (Phi) is 4.70. The summed E-state index contributed by atoms with van der Waals surface area (Å²) in [4.78, 5) is 14.7. The molecule has 0 unspecified atom stereocenters. The fourth-order valence-electron chi connectivity index (χ4n) is 2.85. The number of halogens is 1. The van der Waals surface area contributed by atoms with Crippen LogP contribution >= 0.6 is 11.6 Å². The molecule has 1 aromatic rings. The van der Waals surface area contributed by atoms with E-state index in [1.54, 1.807) is 12.1 Å². The lowest BCUT2D eigenvalue weighted by molar-refractivity contribution is 0.0694. The number of carbonyl (C=O) groups is 1. The average molecular weight is 281 g/mol. The summed E-state index contributed by atoms with van der Waals surface area (Å²) in [6.07, 6.45) is 4.69. The van der Waals surface area contributed by atoms with Crippen LogP contribution in [0.2, 0.25) is 5.02 Å². The van der Waals surface area contributed by atoms with Crippen LogP contribution in [-0.2, 0) is 0 Å². The number of hydrogen-bond donors (Lipinski definition) is 1. The maximum Gasteiger partial charge on any atom is 0.256 e. The highest BCUT2D eigenvalue weighted by atomic mass is 35.5. The third kappa shape index (κ3) is 3.03. The fraction of sp³-hybridized carbons (Fsp3) is 0.533. The Bertz CT molecular complexity index is 455. The lowest BCUT2D eigenvalue weighted by atomic mass is 10.1. The topological polar surface area (TPSA) is 32.3 Å². The van der Waals surface area contributed by atoms with Crippen molar-refractivity contribution in [2.24, 2.45) is 0 Å². The lowest BCUT2D eigenvalue weighted by Crippen LogP contribution is -2.38. The molecular weight excluding hydrogens is 260 g/mol. The Morgan fingerprint density at radius 1 is 1.42 bits per heavy atom. The van der Waals surface area contributed by atoms with E-state index in [4.69, 9.17) is 11.6 Å². The molecule has 0 radical (unpaired) electrons. The highest BCUT2D eigenvalue weighted by Crippen LogP contribution is 2.27. The molecule has 1 aromatic carbocycles. The molecule has 0 atom stereocenters. The number of anilines is 1. The van der Waals surface area contributed by atoms with Crippen molar-refractivity contribution < 1.29 is 4.79 Å². The SMILES string of the molecule is CCN(C(=O)c1cc(Cl)ccc1NC)C1CCCC1. The van der Waals surface area contributed by atoms with Crippen LogP contribution < -0.4 is 5.32 Å². The van der Waals surface area contributed by atoms with Crippen molar-refractivity contribution >= 4 is 23.2 Å². The van der Waals surface area contributed by atoms with Crippen LogP contribution in [0.15, 0.2) is 18.2 Å². The zero-order valence-electron chi connectivity index (χ0n) is 11.6. The van der Waals surface area contributed by atoms with Crippen molar-refractivity contribution in [1.82, 2.24) is 4.90 Å². The first kappa shape index (κ1) is 14.2. The van der Waals surface area contributed by atoms with Crippen LogP contribution in [0.1, 0.15) is 43.0 Å². The molecule has 1 amide bonds. The Balaban J connectivity index is 2.28. The van der Waals surface area contributed by atoms with Crippen LogP contribution in [-0.4, -0.2) is 30.4 Å². The van der Waals surface area contributed by atoms with Crippen molar-refractivity contribution in [3.63, 3.8) is 0 Å². The van der Waals surface area contributed by atoms with E-state index in [0.717, 1.165) is 25.1 Å². The van der Waals surface area contributed by atoms with Crippen LogP contribution in [0.4, 0.5) is 5.69 Å². The van der Waals surface area contributed by atoms with Crippen molar-refractivity contribution in [3.05, 3.63) is 28.8 Å². The first-order chi connectivity index (χ1) is 9.17. The molecule has 0 saturated heterocycles. The summed E-state index contributed by atoms with van der Waals surface area (Å²) >= 11 is 6.03. The third-order valence-electron chi connectivity index (χ3n) is 3.85. The maximum atomic E-state index is 12.7. The quantitative estimate of drug-likeness (QED) is 0.910. The minimum Gasteiger partial charge on any atom is -0.387 e. The molecule has 0 aliphatic heterocycles. The number of hydrogen-bond acceptors (Lipinski definition) is 2. The van der Waals surface area contributed by atoms with Gasteiger partial charge in [-0.05, 0) is 38.0 Å². The molecule has 104 valence electrons. The minimum absolute atomic E-state index is 0.0845. The highest BCUT2D eigenvalue weighted by Gasteiger charge is 2.27. The van der Waals surface area contributed by atoms with Gasteiger partial charge in [0.2, 0.25) is 0 Å². The summed E-state index contributed by atoms with van der Waals surface area (Å²) in [6.45, 7) is 2.79. The molecule has 0 bridgehead atoms. The van der Waals surface area contributed by atoms with Gasteiger partial charge in [0, 0.05) is 30.3 Å². The second-order valence-corrected chi connectivity index (χ2v) is 5.41. The minimum atomic E-state index is 0.0845. The predicted octanol–water partition coefficient (Wildman–Crippen LogP) is 3.79. The number of nitrogens with zero attached hydrogens (tertiary/aromatic N) is 1. The van der Waals surface area contributed by atoms with Crippen molar-refractivity contribution in [1.29, 1.82) is 0 Å². The molecule has 0 heterocycles. The van der Waals surface area contributed by atoms with Crippen LogP contribution in [0.3, 0.4) is 0 Å². The summed E-state index contributed by atoms with van der Waals surface area (Å²) < 4.78 is 0. The van der Waals surface area contributed by atoms with Crippen LogP contribution in [0, 0.1) is 0 Å². The van der Waals surface area contributed by atoms with Gasteiger partial charge in [-0.3, -0.25) is 4.79 Å². The number of carbonyl (C=O) groups excluding carboxylic acids is 1. The molecule has 1 saturated carbocycles. The second-order valence-electron chi connectivity index (χ2n) is 4.97. The van der Waals surface area contributed by atoms with E-state index in [1.807, 2.05) is 24.9 Å². The van der Waals surface area contributed by atoms with E-state index < -0.39 is 0 Å². The summed E-state index contributed by atoms with van der Waals surface area (Å²) in [5.41, 5.74) is 1.51. The molecular formula is C15H21ClN2O. The summed E-state index contributed by atoms with van der Waals surface area (Å²) in [7, 11) is 1.83. The molecule has 0 aromatic heterocycles. The van der Waals surface area contributed by atoms with Gasteiger partial charge in [0.05, 0.1) is 5.56 Å². The van der Waals surface area contributed by atoms with Crippen molar-refractivity contribution in [3.8, 4) is 0 Å². The van der Waals surface area contributed by atoms with Gasteiger partial charge in [-0.15, -0.1) is 0 Å².